The standard InChI is InChI=1S/C13H17ClN4S/c14-3-6-17-4-1-5-18(8-7-17)12-11-2-9-19-13(11)16-10-15-12/h2,9-10H,1,3-8H2. The molecule has 1 aliphatic rings. The van der Waals surface area contributed by atoms with Crippen LogP contribution >= 0.6 is 22.9 Å². The van der Waals surface area contributed by atoms with E-state index >= 15 is 0 Å². The van der Waals surface area contributed by atoms with Gasteiger partial charge in [0.1, 0.15) is 17.0 Å². The molecule has 0 atom stereocenters. The van der Waals surface area contributed by atoms with E-state index in [2.05, 4.69) is 31.2 Å². The zero-order chi connectivity index (χ0) is 13.1. The third-order valence-corrected chi connectivity index (χ3v) is 4.52. The summed E-state index contributed by atoms with van der Waals surface area (Å²) >= 11 is 7.50. The number of hydrogen-bond donors (Lipinski definition) is 0. The molecule has 0 N–H and O–H groups in total. The van der Waals surface area contributed by atoms with Gasteiger partial charge in [-0.05, 0) is 24.4 Å². The topological polar surface area (TPSA) is 32.3 Å². The van der Waals surface area contributed by atoms with Gasteiger partial charge in [-0.3, -0.25) is 0 Å². The van der Waals surface area contributed by atoms with Crippen LogP contribution in [0.5, 0.6) is 0 Å². The summed E-state index contributed by atoms with van der Waals surface area (Å²) in [7, 11) is 0. The van der Waals surface area contributed by atoms with Crippen LogP contribution in [0.1, 0.15) is 6.42 Å². The largest absolute Gasteiger partial charge is 0.355 e. The highest BCUT2D eigenvalue weighted by molar-refractivity contribution is 7.16. The fourth-order valence-corrected chi connectivity index (χ4v) is 3.52. The molecule has 1 fully saturated rings. The van der Waals surface area contributed by atoms with Gasteiger partial charge in [0, 0.05) is 32.1 Å². The van der Waals surface area contributed by atoms with Gasteiger partial charge < -0.3 is 9.80 Å². The second-order valence-electron chi connectivity index (χ2n) is 4.71. The summed E-state index contributed by atoms with van der Waals surface area (Å²) in [6.07, 6.45) is 2.84. The van der Waals surface area contributed by atoms with E-state index in [-0.39, 0.29) is 0 Å². The van der Waals surface area contributed by atoms with E-state index in [9.17, 15) is 0 Å². The Bertz CT molecular complexity index is 544. The number of nitrogens with zero attached hydrogens (tertiary/aromatic N) is 4. The number of rotatable bonds is 3. The number of halogens is 1. The van der Waals surface area contributed by atoms with E-state index in [0.29, 0.717) is 5.88 Å². The molecule has 0 amide bonds. The third-order valence-electron chi connectivity index (χ3n) is 3.53. The lowest BCUT2D eigenvalue weighted by Crippen LogP contribution is -2.32. The predicted molar refractivity (Wildman–Crippen MR) is 81.4 cm³/mol. The number of alkyl halides is 1. The molecule has 102 valence electrons. The Labute approximate surface area is 122 Å². The van der Waals surface area contributed by atoms with Crippen LogP contribution in [0.3, 0.4) is 0 Å². The van der Waals surface area contributed by atoms with Crippen molar-refractivity contribution < 1.29 is 0 Å². The summed E-state index contributed by atoms with van der Waals surface area (Å²) in [4.78, 5) is 14.7. The van der Waals surface area contributed by atoms with Gasteiger partial charge in [-0.2, -0.15) is 0 Å². The number of fused-ring (bicyclic) bond motifs is 1. The second kappa shape index (κ2) is 6.03. The highest BCUT2D eigenvalue weighted by Crippen LogP contribution is 2.27. The highest BCUT2D eigenvalue weighted by Gasteiger charge is 2.17. The van der Waals surface area contributed by atoms with Crippen LogP contribution in [0.2, 0.25) is 0 Å². The summed E-state index contributed by atoms with van der Waals surface area (Å²) in [6, 6.07) is 2.12. The second-order valence-corrected chi connectivity index (χ2v) is 5.98. The van der Waals surface area contributed by atoms with Crippen molar-refractivity contribution in [3.05, 3.63) is 17.8 Å². The van der Waals surface area contributed by atoms with Crippen LogP contribution in [0.15, 0.2) is 17.8 Å². The fraction of sp³-hybridized carbons (Fsp3) is 0.538. The van der Waals surface area contributed by atoms with E-state index in [4.69, 9.17) is 11.6 Å². The maximum Gasteiger partial charge on any atom is 0.140 e. The van der Waals surface area contributed by atoms with Crippen LogP contribution in [-0.2, 0) is 0 Å². The zero-order valence-corrected chi connectivity index (χ0v) is 12.3. The predicted octanol–water partition coefficient (Wildman–Crippen LogP) is 2.44. The Balaban J connectivity index is 1.80. The number of hydrogen-bond acceptors (Lipinski definition) is 5. The molecule has 0 unspecified atom stereocenters. The Morgan fingerprint density at radius 1 is 1.21 bits per heavy atom. The van der Waals surface area contributed by atoms with Gasteiger partial charge in [0.2, 0.25) is 0 Å². The third kappa shape index (κ3) is 2.83. The Morgan fingerprint density at radius 3 is 3.05 bits per heavy atom. The smallest absolute Gasteiger partial charge is 0.140 e. The molecule has 3 rings (SSSR count). The molecule has 1 saturated heterocycles. The summed E-state index contributed by atoms with van der Waals surface area (Å²) in [5.41, 5.74) is 0. The van der Waals surface area contributed by atoms with Crippen LogP contribution in [0, 0.1) is 0 Å². The monoisotopic (exact) mass is 296 g/mol. The van der Waals surface area contributed by atoms with Crippen LogP contribution in [-0.4, -0.2) is 53.5 Å². The fourth-order valence-electron chi connectivity index (χ4n) is 2.55. The minimum Gasteiger partial charge on any atom is -0.355 e. The summed E-state index contributed by atoms with van der Waals surface area (Å²) < 4.78 is 0. The first-order chi connectivity index (χ1) is 9.38. The van der Waals surface area contributed by atoms with E-state index < -0.39 is 0 Å². The van der Waals surface area contributed by atoms with E-state index in [1.807, 2.05) is 0 Å². The highest BCUT2D eigenvalue weighted by atomic mass is 35.5. The molecule has 0 aromatic carbocycles. The van der Waals surface area contributed by atoms with Crippen molar-refractivity contribution in [2.45, 2.75) is 6.42 Å². The first-order valence-corrected chi connectivity index (χ1v) is 8.01. The van der Waals surface area contributed by atoms with Crippen molar-refractivity contribution in [3.63, 3.8) is 0 Å². The molecule has 0 saturated carbocycles. The molecule has 6 heteroatoms. The van der Waals surface area contributed by atoms with Gasteiger partial charge in [0.05, 0.1) is 5.39 Å². The maximum absolute atomic E-state index is 5.83. The van der Waals surface area contributed by atoms with Crippen molar-refractivity contribution in [1.29, 1.82) is 0 Å². The van der Waals surface area contributed by atoms with Crippen molar-refractivity contribution in [1.82, 2.24) is 14.9 Å². The summed E-state index contributed by atoms with van der Waals surface area (Å²) in [5.74, 6) is 1.79. The molecule has 3 heterocycles. The molecule has 2 aromatic heterocycles. The van der Waals surface area contributed by atoms with Gasteiger partial charge in [-0.1, -0.05) is 0 Å². The Morgan fingerprint density at radius 2 is 2.16 bits per heavy atom. The molecule has 1 aliphatic heterocycles. The van der Waals surface area contributed by atoms with Gasteiger partial charge in [-0.25, -0.2) is 9.97 Å². The summed E-state index contributed by atoms with van der Waals surface area (Å²) in [6.45, 7) is 5.23. The van der Waals surface area contributed by atoms with Crippen LogP contribution < -0.4 is 4.90 Å². The first kappa shape index (κ1) is 13.1. The molecule has 0 aliphatic carbocycles. The number of anilines is 1. The van der Waals surface area contributed by atoms with E-state index in [1.54, 1.807) is 17.7 Å². The molecule has 0 radical (unpaired) electrons. The average molecular weight is 297 g/mol. The molecular formula is C13H17ClN4S. The van der Waals surface area contributed by atoms with Crippen molar-refractivity contribution in [2.24, 2.45) is 0 Å². The van der Waals surface area contributed by atoms with Gasteiger partial charge in [0.25, 0.3) is 0 Å². The SMILES string of the molecule is ClCCN1CCCN(c2ncnc3sccc23)CC1. The normalized spacial score (nSPS) is 17.8. The number of aromatic nitrogens is 2. The zero-order valence-electron chi connectivity index (χ0n) is 10.8. The molecular weight excluding hydrogens is 280 g/mol. The molecule has 19 heavy (non-hydrogen) atoms. The van der Waals surface area contributed by atoms with Crippen molar-refractivity contribution in [2.75, 3.05) is 43.5 Å². The first-order valence-electron chi connectivity index (χ1n) is 6.60. The number of thiophene rings is 1. The van der Waals surface area contributed by atoms with Crippen LogP contribution in [0.25, 0.3) is 10.2 Å². The van der Waals surface area contributed by atoms with Gasteiger partial charge in [0.15, 0.2) is 0 Å². The minimum absolute atomic E-state index is 0.711. The molecule has 0 bridgehead atoms. The van der Waals surface area contributed by atoms with Crippen molar-refractivity contribution in [3.8, 4) is 0 Å². The van der Waals surface area contributed by atoms with E-state index in [0.717, 1.165) is 49.8 Å². The summed E-state index contributed by atoms with van der Waals surface area (Å²) in [5, 5.41) is 3.26. The van der Waals surface area contributed by atoms with Gasteiger partial charge in [-0.15, -0.1) is 22.9 Å². The van der Waals surface area contributed by atoms with Crippen LogP contribution in [0.4, 0.5) is 5.82 Å². The van der Waals surface area contributed by atoms with Crippen molar-refractivity contribution >= 4 is 39.0 Å². The van der Waals surface area contributed by atoms with E-state index in [1.165, 1.54) is 5.39 Å². The average Bonchev–Trinajstić information content (AvgIpc) is 2.79. The Hall–Kier alpha value is -0.910. The minimum atomic E-state index is 0.711. The lowest BCUT2D eigenvalue weighted by molar-refractivity contribution is 0.311. The quantitative estimate of drug-likeness (QED) is 0.815. The lowest BCUT2D eigenvalue weighted by Gasteiger charge is -2.22. The van der Waals surface area contributed by atoms with Gasteiger partial charge >= 0.3 is 0 Å². The lowest BCUT2D eigenvalue weighted by atomic mass is 10.3. The maximum atomic E-state index is 5.83. The molecule has 4 nitrogen and oxygen atoms in total. The molecule has 0 spiro atoms. The Kier molecular flexibility index (Phi) is 4.15. The molecule has 2 aromatic rings.